The number of rotatable bonds is 4. The molecule has 5 heteroatoms. The molecule has 0 saturated heterocycles. The summed E-state index contributed by atoms with van der Waals surface area (Å²) in [7, 11) is 9.78. The summed E-state index contributed by atoms with van der Waals surface area (Å²) in [5, 5.41) is 10.8. The van der Waals surface area contributed by atoms with Crippen molar-refractivity contribution in [1.29, 1.82) is 0 Å². The van der Waals surface area contributed by atoms with Crippen LogP contribution in [0.15, 0.2) is 0 Å². The maximum absolute atomic E-state index is 5.42. The van der Waals surface area contributed by atoms with Gasteiger partial charge in [0.05, 0.1) is 0 Å². The van der Waals surface area contributed by atoms with Crippen LogP contribution in [0.4, 0.5) is 0 Å². The predicted octanol–water partition coefficient (Wildman–Crippen LogP) is 8.07. The zero-order valence-corrected chi connectivity index (χ0v) is 20.9. The summed E-state index contributed by atoms with van der Waals surface area (Å²) in [5.41, 5.74) is 0. The Morgan fingerprint density at radius 3 is 1.33 bits per heavy atom. The number of hydrogen-bond acceptors (Lipinski definition) is 0. The van der Waals surface area contributed by atoms with Crippen molar-refractivity contribution in [2.75, 3.05) is 0 Å². The van der Waals surface area contributed by atoms with Gasteiger partial charge in [0.15, 0.2) is 0 Å². The minimum absolute atomic E-state index is 0.529. The van der Waals surface area contributed by atoms with Crippen molar-refractivity contribution < 1.29 is 17.0 Å². The molecule has 0 bridgehead atoms. The van der Waals surface area contributed by atoms with E-state index < -0.39 is 17.0 Å². The van der Waals surface area contributed by atoms with Gasteiger partial charge in [-0.3, -0.25) is 0 Å². The van der Waals surface area contributed by atoms with E-state index in [2.05, 4.69) is 27.7 Å². The van der Waals surface area contributed by atoms with E-state index in [1.807, 2.05) is 0 Å². The summed E-state index contributed by atoms with van der Waals surface area (Å²) in [6.07, 6.45) is 13.5. The van der Waals surface area contributed by atoms with Crippen LogP contribution >= 0.6 is 18.6 Å². The summed E-state index contributed by atoms with van der Waals surface area (Å²) in [6, 6.07) is 2.27. The first-order chi connectivity index (χ1) is 12.9. The molecule has 0 spiro atoms. The Morgan fingerprint density at radius 2 is 0.963 bits per heavy atom. The SMILES string of the molecule is CC1CCC(C)C([N-]C2CCCCC2[N-]C2CC(C)CCC2C)C1.[Cl][Ti][Cl]. The van der Waals surface area contributed by atoms with Crippen molar-refractivity contribution in [3.63, 3.8) is 0 Å². The standard InChI is InChI=1S/C22H40N2.2ClH.Ti/c1-15-9-11-17(3)21(13-15)23-19-7-5-6-8-20(19)24-22-14-16(2)10-12-18(22)4;;;/h15-22H,5-14H2,1-4H3;2*1H;/q-2;;;+2/p-2. The topological polar surface area (TPSA) is 28.2 Å². The van der Waals surface area contributed by atoms with Crippen LogP contribution in [-0.4, -0.2) is 24.2 Å². The monoisotopic (exact) mass is 450 g/mol. The van der Waals surface area contributed by atoms with Crippen molar-refractivity contribution in [3.8, 4) is 0 Å². The summed E-state index contributed by atoms with van der Waals surface area (Å²) in [4.78, 5) is 0. The van der Waals surface area contributed by atoms with Gasteiger partial charge in [0.25, 0.3) is 0 Å². The number of nitrogens with zero attached hydrogens (tertiary/aromatic N) is 2. The summed E-state index contributed by atoms with van der Waals surface area (Å²) >= 11 is -0.556. The molecule has 3 aliphatic rings. The van der Waals surface area contributed by atoms with E-state index in [4.69, 9.17) is 29.2 Å². The minimum atomic E-state index is -0.556. The van der Waals surface area contributed by atoms with E-state index in [0.717, 1.165) is 23.7 Å². The molecule has 0 N–H and O–H groups in total. The molecule has 3 fully saturated rings. The molecule has 8 atom stereocenters. The molecule has 27 heavy (non-hydrogen) atoms. The Balaban J connectivity index is 0.000000817. The molecule has 0 aliphatic heterocycles. The normalized spacial score (nSPS) is 42.7. The number of halogens is 2. The van der Waals surface area contributed by atoms with Gasteiger partial charge >= 0.3 is 35.6 Å². The fourth-order valence-electron chi connectivity index (χ4n) is 5.35. The summed E-state index contributed by atoms with van der Waals surface area (Å²) in [5.74, 6) is 3.32. The van der Waals surface area contributed by atoms with Crippen LogP contribution in [0.3, 0.4) is 0 Å². The molecule has 3 rings (SSSR count). The molecule has 3 saturated carbocycles. The van der Waals surface area contributed by atoms with Crippen LogP contribution in [-0.2, 0) is 17.0 Å². The van der Waals surface area contributed by atoms with Gasteiger partial charge < -0.3 is 10.6 Å². The third kappa shape index (κ3) is 8.10. The first-order valence-corrected chi connectivity index (χ1v) is 15.6. The van der Waals surface area contributed by atoms with E-state index >= 15 is 0 Å². The van der Waals surface area contributed by atoms with Crippen molar-refractivity contribution in [2.24, 2.45) is 23.7 Å². The quantitative estimate of drug-likeness (QED) is 0.387. The molecule has 0 heterocycles. The third-order valence-corrected chi connectivity index (χ3v) is 7.29. The van der Waals surface area contributed by atoms with Gasteiger partial charge in [-0.2, -0.15) is 12.1 Å². The van der Waals surface area contributed by atoms with Gasteiger partial charge in [0.1, 0.15) is 0 Å². The van der Waals surface area contributed by atoms with E-state index in [0.29, 0.717) is 24.2 Å². The predicted molar refractivity (Wildman–Crippen MR) is 116 cm³/mol. The number of hydrogen-bond donors (Lipinski definition) is 0. The van der Waals surface area contributed by atoms with Gasteiger partial charge in [-0.25, -0.2) is 0 Å². The zero-order valence-electron chi connectivity index (χ0n) is 17.8. The average molecular weight is 451 g/mol. The maximum atomic E-state index is 5.42. The van der Waals surface area contributed by atoms with Gasteiger partial charge in [-0.1, -0.05) is 104 Å². The van der Waals surface area contributed by atoms with E-state index in [1.54, 1.807) is 0 Å². The van der Waals surface area contributed by atoms with E-state index in [-0.39, 0.29) is 0 Å². The Morgan fingerprint density at radius 1 is 0.593 bits per heavy atom. The van der Waals surface area contributed by atoms with Gasteiger partial charge in [-0.15, -0.1) is 12.1 Å². The van der Waals surface area contributed by atoms with E-state index in [9.17, 15) is 0 Å². The second-order valence-corrected chi connectivity index (χ2v) is 12.3. The first-order valence-electron chi connectivity index (χ1n) is 11.3. The molecule has 0 aromatic carbocycles. The zero-order chi connectivity index (χ0) is 19.8. The second-order valence-electron chi connectivity index (χ2n) is 9.71. The van der Waals surface area contributed by atoms with Crippen LogP contribution in [0.5, 0.6) is 0 Å². The second kappa shape index (κ2) is 12.8. The van der Waals surface area contributed by atoms with Crippen LogP contribution in [0.2, 0.25) is 0 Å². The molecule has 158 valence electrons. The van der Waals surface area contributed by atoms with Gasteiger partial charge in [0, 0.05) is 0 Å². The Kier molecular flexibility index (Phi) is 11.6. The molecular formula is C22H40Cl2N2Ti-2. The third-order valence-electron chi connectivity index (χ3n) is 7.29. The van der Waals surface area contributed by atoms with Crippen LogP contribution in [0, 0.1) is 23.7 Å². The first kappa shape index (κ1) is 24.5. The van der Waals surface area contributed by atoms with Crippen molar-refractivity contribution in [3.05, 3.63) is 10.6 Å². The fraction of sp³-hybridized carbons (Fsp3) is 1.00. The van der Waals surface area contributed by atoms with Crippen LogP contribution in [0.25, 0.3) is 10.6 Å². The molecule has 0 aromatic heterocycles. The van der Waals surface area contributed by atoms with Crippen molar-refractivity contribution >= 4 is 18.6 Å². The molecule has 8 unspecified atom stereocenters. The Hall–Kier alpha value is 1.21. The molecule has 0 amide bonds. The molecule has 0 radical (unpaired) electrons. The van der Waals surface area contributed by atoms with Crippen molar-refractivity contribution in [1.82, 2.24) is 0 Å². The van der Waals surface area contributed by atoms with Crippen LogP contribution in [0.1, 0.15) is 91.9 Å². The van der Waals surface area contributed by atoms with E-state index in [1.165, 1.54) is 64.2 Å². The summed E-state index contributed by atoms with van der Waals surface area (Å²) in [6.45, 7) is 9.70. The molecule has 0 aromatic rings. The Labute approximate surface area is 185 Å². The molecular weight excluding hydrogens is 411 g/mol. The van der Waals surface area contributed by atoms with Gasteiger partial charge in [-0.05, 0) is 11.8 Å². The van der Waals surface area contributed by atoms with Crippen molar-refractivity contribution in [2.45, 2.75) is 116 Å². The molecule has 2 nitrogen and oxygen atoms in total. The van der Waals surface area contributed by atoms with Crippen LogP contribution < -0.4 is 0 Å². The Bertz CT molecular complexity index is 376. The summed E-state index contributed by atoms with van der Waals surface area (Å²) < 4.78 is 0. The molecule has 3 aliphatic carbocycles. The fourth-order valence-corrected chi connectivity index (χ4v) is 5.35. The average Bonchev–Trinajstić information content (AvgIpc) is 2.63. The van der Waals surface area contributed by atoms with Gasteiger partial charge in [0.2, 0.25) is 0 Å².